The van der Waals surface area contributed by atoms with Crippen LogP contribution in [-0.4, -0.2) is 25.1 Å². The Balaban J connectivity index is 1.97. The standard InChI is InChI=1S/C17H17BrN6O2S/c1-10(22-23-17(19)20)15-9-21-16-7-4-12(8-14(15)16)24-27(25,26)13-5-2-11(18)3-6-13/h2-9,21,24H,1H3,(H4,19,20,23). The third-order valence-corrected chi connectivity index (χ3v) is 5.69. The summed E-state index contributed by atoms with van der Waals surface area (Å²) in [5, 5.41) is 8.40. The maximum Gasteiger partial charge on any atom is 0.261 e. The van der Waals surface area contributed by atoms with Gasteiger partial charge in [0.1, 0.15) is 0 Å². The molecule has 0 atom stereocenters. The monoisotopic (exact) mass is 448 g/mol. The number of sulfonamides is 1. The topological polar surface area (TPSA) is 139 Å². The first-order valence-corrected chi connectivity index (χ1v) is 10.1. The first-order valence-electron chi connectivity index (χ1n) is 7.79. The van der Waals surface area contributed by atoms with E-state index in [9.17, 15) is 8.42 Å². The van der Waals surface area contributed by atoms with E-state index in [1.165, 1.54) is 12.1 Å². The molecule has 3 aromatic rings. The Kier molecular flexibility index (Phi) is 5.19. The molecular formula is C17H17BrN6O2S. The van der Waals surface area contributed by atoms with Crippen molar-refractivity contribution in [2.24, 2.45) is 21.7 Å². The number of aromatic nitrogens is 1. The fourth-order valence-electron chi connectivity index (χ4n) is 2.50. The SMILES string of the molecule is CC(=NN=C(N)N)c1c[nH]c2ccc(NS(=O)(=O)c3ccc(Br)cc3)cc12. The second kappa shape index (κ2) is 7.41. The summed E-state index contributed by atoms with van der Waals surface area (Å²) in [6.45, 7) is 1.76. The molecule has 1 heterocycles. The summed E-state index contributed by atoms with van der Waals surface area (Å²) < 4.78 is 28.5. The number of hydrogen-bond acceptors (Lipinski definition) is 4. The number of hydrogen-bond donors (Lipinski definition) is 4. The zero-order valence-electron chi connectivity index (χ0n) is 14.3. The molecule has 0 radical (unpaired) electrons. The van der Waals surface area contributed by atoms with Crippen molar-refractivity contribution in [3.05, 3.63) is 58.7 Å². The van der Waals surface area contributed by atoms with Gasteiger partial charge in [0.05, 0.1) is 10.6 Å². The third-order valence-electron chi connectivity index (χ3n) is 3.76. The average Bonchev–Trinajstić information content (AvgIpc) is 3.03. The molecule has 0 spiro atoms. The fourth-order valence-corrected chi connectivity index (χ4v) is 3.81. The average molecular weight is 449 g/mol. The van der Waals surface area contributed by atoms with Gasteiger partial charge in [0.25, 0.3) is 10.0 Å². The van der Waals surface area contributed by atoms with Gasteiger partial charge in [-0.3, -0.25) is 4.72 Å². The van der Waals surface area contributed by atoms with Crippen LogP contribution in [-0.2, 0) is 10.0 Å². The van der Waals surface area contributed by atoms with E-state index in [2.05, 4.69) is 35.8 Å². The molecule has 0 saturated heterocycles. The molecule has 140 valence electrons. The lowest BCUT2D eigenvalue weighted by Gasteiger charge is -2.09. The largest absolute Gasteiger partial charge is 0.369 e. The molecule has 2 aromatic carbocycles. The van der Waals surface area contributed by atoms with E-state index >= 15 is 0 Å². The number of fused-ring (bicyclic) bond motifs is 1. The van der Waals surface area contributed by atoms with Crippen molar-refractivity contribution in [3.63, 3.8) is 0 Å². The highest BCUT2D eigenvalue weighted by Crippen LogP contribution is 2.25. The summed E-state index contributed by atoms with van der Waals surface area (Å²) in [6.07, 6.45) is 1.76. The highest BCUT2D eigenvalue weighted by atomic mass is 79.9. The van der Waals surface area contributed by atoms with Gasteiger partial charge in [-0.15, -0.1) is 5.10 Å². The van der Waals surface area contributed by atoms with E-state index in [0.717, 1.165) is 20.9 Å². The number of H-pyrrole nitrogens is 1. The van der Waals surface area contributed by atoms with Gasteiger partial charge in [-0.2, -0.15) is 5.10 Å². The normalized spacial score (nSPS) is 12.1. The zero-order chi connectivity index (χ0) is 19.6. The third kappa shape index (κ3) is 4.29. The molecule has 0 unspecified atom stereocenters. The maximum atomic E-state index is 12.6. The molecule has 27 heavy (non-hydrogen) atoms. The number of rotatable bonds is 5. The fraction of sp³-hybridized carbons (Fsp3) is 0.0588. The van der Waals surface area contributed by atoms with Crippen LogP contribution >= 0.6 is 15.9 Å². The Morgan fingerprint density at radius 2 is 1.81 bits per heavy atom. The van der Waals surface area contributed by atoms with Crippen LogP contribution in [0, 0.1) is 0 Å². The predicted octanol–water partition coefficient (Wildman–Crippen LogP) is 2.73. The predicted molar refractivity (Wildman–Crippen MR) is 111 cm³/mol. The van der Waals surface area contributed by atoms with Crippen LogP contribution in [0.2, 0.25) is 0 Å². The number of guanidine groups is 1. The van der Waals surface area contributed by atoms with Gasteiger partial charge in [0, 0.05) is 32.8 Å². The number of nitrogens with zero attached hydrogens (tertiary/aromatic N) is 2. The Morgan fingerprint density at radius 1 is 1.11 bits per heavy atom. The molecule has 0 aliphatic rings. The number of anilines is 1. The molecule has 8 nitrogen and oxygen atoms in total. The van der Waals surface area contributed by atoms with Gasteiger partial charge < -0.3 is 16.5 Å². The lowest BCUT2D eigenvalue weighted by atomic mass is 10.1. The number of nitrogens with one attached hydrogen (secondary N) is 2. The highest BCUT2D eigenvalue weighted by molar-refractivity contribution is 9.10. The number of nitrogens with two attached hydrogens (primary N) is 2. The Hall–Kier alpha value is -2.85. The van der Waals surface area contributed by atoms with Crippen molar-refractivity contribution in [2.45, 2.75) is 11.8 Å². The molecule has 0 aliphatic heterocycles. The first-order chi connectivity index (χ1) is 12.8. The van der Waals surface area contributed by atoms with E-state index in [4.69, 9.17) is 11.5 Å². The van der Waals surface area contributed by atoms with Gasteiger partial charge in [-0.25, -0.2) is 8.42 Å². The van der Waals surface area contributed by atoms with Crippen LogP contribution in [0.3, 0.4) is 0 Å². The lowest BCUT2D eigenvalue weighted by Crippen LogP contribution is -2.22. The van der Waals surface area contributed by atoms with E-state index in [-0.39, 0.29) is 10.9 Å². The summed E-state index contributed by atoms with van der Waals surface area (Å²) in [4.78, 5) is 3.28. The molecule has 0 amide bonds. The number of benzene rings is 2. The summed E-state index contributed by atoms with van der Waals surface area (Å²) in [6, 6.07) is 11.6. The van der Waals surface area contributed by atoms with Gasteiger partial charge in [-0.05, 0) is 49.4 Å². The minimum Gasteiger partial charge on any atom is -0.369 e. The summed E-state index contributed by atoms with van der Waals surface area (Å²) in [5.74, 6) is -0.142. The van der Waals surface area contributed by atoms with Crippen LogP contribution in [0.1, 0.15) is 12.5 Å². The second-order valence-corrected chi connectivity index (χ2v) is 8.33. The molecule has 0 fully saturated rings. The highest BCUT2D eigenvalue weighted by Gasteiger charge is 2.15. The van der Waals surface area contributed by atoms with E-state index in [1.54, 1.807) is 43.5 Å². The maximum absolute atomic E-state index is 12.6. The summed E-state index contributed by atoms with van der Waals surface area (Å²) in [5.41, 5.74) is 13.2. The molecule has 0 saturated carbocycles. The minimum absolute atomic E-state index is 0.142. The molecule has 0 bridgehead atoms. The first kappa shape index (κ1) is 18.9. The Labute approximate surface area is 164 Å². The molecule has 3 rings (SSSR count). The quantitative estimate of drug-likeness (QED) is 0.270. The van der Waals surface area contributed by atoms with Gasteiger partial charge in [0.15, 0.2) is 0 Å². The Morgan fingerprint density at radius 3 is 2.48 bits per heavy atom. The zero-order valence-corrected chi connectivity index (χ0v) is 16.7. The van der Waals surface area contributed by atoms with Gasteiger partial charge in [-0.1, -0.05) is 15.9 Å². The van der Waals surface area contributed by atoms with Crippen molar-refractivity contribution in [2.75, 3.05) is 4.72 Å². The molecule has 0 aliphatic carbocycles. The second-order valence-electron chi connectivity index (χ2n) is 5.73. The van der Waals surface area contributed by atoms with E-state index in [1.807, 2.05) is 0 Å². The Bertz CT molecular complexity index is 1150. The van der Waals surface area contributed by atoms with E-state index < -0.39 is 10.0 Å². The summed E-state index contributed by atoms with van der Waals surface area (Å²) in [7, 11) is -3.70. The van der Waals surface area contributed by atoms with Crippen molar-refractivity contribution in [1.82, 2.24) is 4.98 Å². The number of halogens is 1. The van der Waals surface area contributed by atoms with Gasteiger partial charge in [0.2, 0.25) is 5.96 Å². The van der Waals surface area contributed by atoms with E-state index in [0.29, 0.717) is 11.4 Å². The van der Waals surface area contributed by atoms with Crippen molar-refractivity contribution >= 4 is 54.2 Å². The lowest BCUT2D eigenvalue weighted by molar-refractivity contribution is 0.601. The molecular weight excluding hydrogens is 432 g/mol. The van der Waals surface area contributed by atoms with Crippen molar-refractivity contribution in [3.8, 4) is 0 Å². The smallest absolute Gasteiger partial charge is 0.261 e. The van der Waals surface area contributed by atoms with Crippen LogP contribution in [0.25, 0.3) is 10.9 Å². The van der Waals surface area contributed by atoms with Crippen LogP contribution < -0.4 is 16.2 Å². The molecule has 10 heteroatoms. The van der Waals surface area contributed by atoms with Crippen LogP contribution in [0.5, 0.6) is 0 Å². The van der Waals surface area contributed by atoms with Crippen molar-refractivity contribution in [1.29, 1.82) is 0 Å². The van der Waals surface area contributed by atoms with Gasteiger partial charge >= 0.3 is 0 Å². The minimum atomic E-state index is -3.70. The van der Waals surface area contributed by atoms with Crippen LogP contribution in [0.15, 0.2) is 68.2 Å². The van der Waals surface area contributed by atoms with Crippen LogP contribution in [0.4, 0.5) is 5.69 Å². The molecule has 1 aromatic heterocycles. The summed E-state index contributed by atoms with van der Waals surface area (Å²) >= 11 is 3.29. The van der Waals surface area contributed by atoms with Crippen molar-refractivity contribution < 1.29 is 8.42 Å². The molecule has 6 N–H and O–H groups in total. The number of aromatic amines is 1.